The fraction of sp³-hybridized carbons (Fsp3) is 0. The van der Waals surface area contributed by atoms with E-state index in [4.69, 9.17) is 10.5 Å². The molecule has 0 unspecified atom stereocenters. The van der Waals surface area contributed by atoms with Crippen molar-refractivity contribution in [2.24, 2.45) is 5.73 Å². The third kappa shape index (κ3) is 5.25. The zero-order chi connectivity index (χ0) is 19.9. The van der Waals surface area contributed by atoms with Crippen molar-refractivity contribution in [1.82, 2.24) is 4.98 Å². The van der Waals surface area contributed by atoms with Crippen molar-refractivity contribution in [3.8, 4) is 11.6 Å². The van der Waals surface area contributed by atoms with E-state index in [0.29, 0.717) is 22.6 Å². The Morgan fingerprint density at radius 2 is 1.89 bits per heavy atom. The predicted octanol–water partition coefficient (Wildman–Crippen LogP) is 3.76. The number of carbonyl (C=O) groups is 2. The van der Waals surface area contributed by atoms with Gasteiger partial charge in [-0.25, -0.2) is 9.37 Å². The molecule has 0 aliphatic heterocycles. The summed E-state index contributed by atoms with van der Waals surface area (Å²) in [5, 5.41) is 2.64. The maximum Gasteiger partial charge on any atom is 0.248 e. The van der Waals surface area contributed by atoms with Crippen molar-refractivity contribution in [3.05, 3.63) is 89.9 Å². The topological polar surface area (TPSA) is 94.3 Å². The quantitative estimate of drug-likeness (QED) is 0.640. The van der Waals surface area contributed by atoms with Gasteiger partial charge in [0.15, 0.2) is 0 Å². The molecule has 3 aromatic rings. The number of halogens is 1. The summed E-state index contributed by atoms with van der Waals surface area (Å²) in [4.78, 5) is 27.3. The molecule has 3 N–H and O–H groups in total. The van der Waals surface area contributed by atoms with Gasteiger partial charge in [0.05, 0.1) is 11.9 Å². The SMILES string of the molecule is NC(=O)c1cccc(Oc2ccc(NC(=O)/C=C/c3cccc(F)c3)cn2)c1. The lowest BCUT2D eigenvalue weighted by atomic mass is 10.2. The molecule has 0 aliphatic carbocycles. The lowest BCUT2D eigenvalue weighted by Crippen LogP contribution is -2.10. The van der Waals surface area contributed by atoms with E-state index in [9.17, 15) is 14.0 Å². The molecule has 3 rings (SSSR count). The molecular weight excluding hydrogens is 361 g/mol. The molecular formula is C21H16FN3O3. The zero-order valence-corrected chi connectivity index (χ0v) is 14.6. The molecule has 1 heterocycles. The van der Waals surface area contributed by atoms with Crippen LogP contribution in [0.5, 0.6) is 11.6 Å². The van der Waals surface area contributed by atoms with Crippen LogP contribution in [0.15, 0.2) is 72.9 Å². The molecule has 2 amide bonds. The Kier molecular flexibility index (Phi) is 5.76. The highest BCUT2D eigenvalue weighted by molar-refractivity contribution is 6.01. The van der Waals surface area contributed by atoms with Crippen LogP contribution in [0.3, 0.4) is 0 Å². The van der Waals surface area contributed by atoms with Crippen molar-refractivity contribution in [1.29, 1.82) is 0 Å². The van der Waals surface area contributed by atoms with Crippen molar-refractivity contribution in [3.63, 3.8) is 0 Å². The third-order valence-corrected chi connectivity index (χ3v) is 3.62. The molecule has 0 bridgehead atoms. The monoisotopic (exact) mass is 377 g/mol. The number of nitrogens with zero attached hydrogens (tertiary/aromatic N) is 1. The van der Waals surface area contributed by atoms with Gasteiger partial charge in [-0.05, 0) is 48.0 Å². The van der Waals surface area contributed by atoms with Crippen molar-refractivity contribution < 1.29 is 18.7 Å². The molecule has 0 saturated heterocycles. The number of primary amides is 1. The Morgan fingerprint density at radius 1 is 1.07 bits per heavy atom. The van der Waals surface area contributed by atoms with Crippen LogP contribution < -0.4 is 15.8 Å². The fourth-order valence-corrected chi connectivity index (χ4v) is 2.31. The van der Waals surface area contributed by atoms with Crippen LogP contribution in [0.4, 0.5) is 10.1 Å². The van der Waals surface area contributed by atoms with Crippen LogP contribution in [0, 0.1) is 5.82 Å². The van der Waals surface area contributed by atoms with Crippen LogP contribution in [-0.2, 0) is 4.79 Å². The van der Waals surface area contributed by atoms with E-state index in [1.54, 1.807) is 42.5 Å². The van der Waals surface area contributed by atoms with Crippen LogP contribution in [0.2, 0.25) is 0 Å². The largest absolute Gasteiger partial charge is 0.439 e. The van der Waals surface area contributed by atoms with Crippen LogP contribution in [0.1, 0.15) is 15.9 Å². The van der Waals surface area contributed by atoms with E-state index in [-0.39, 0.29) is 17.6 Å². The second kappa shape index (κ2) is 8.59. The highest BCUT2D eigenvalue weighted by Gasteiger charge is 2.05. The minimum atomic E-state index is -0.553. The van der Waals surface area contributed by atoms with Gasteiger partial charge < -0.3 is 15.8 Å². The van der Waals surface area contributed by atoms with Gasteiger partial charge in [-0.2, -0.15) is 0 Å². The summed E-state index contributed by atoms with van der Waals surface area (Å²) in [6.45, 7) is 0. The zero-order valence-electron chi connectivity index (χ0n) is 14.6. The van der Waals surface area contributed by atoms with E-state index in [1.807, 2.05) is 0 Å². The van der Waals surface area contributed by atoms with Crippen LogP contribution in [-0.4, -0.2) is 16.8 Å². The van der Waals surface area contributed by atoms with Gasteiger partial charge in [0.1, 0.15) is 11.6 Å². The minimum Gasteiger partial charge on any atom is -0.439 e. The van der Waals surface area contributed by atoms with E-state index < -0.39 is 5.91 Å². The number of nitrogens with two attached hydrogens (primary N) is 1. The summed E-state index contributed by atoms with van der Waals surface area (Å²) >= 11 is 0. The molecule has 0 atom stereocenters. The smallest absolute Gasteiger partial charge is 0.248 e. The van der Waals surface area contributed by atoms with Crippen molar-refractivity contribution in [2.45, 2.75) is 0 Å². The first-order chi connectivity index (χ1) is 13.5. The molecule has 0 spiro atoms. The van der Waals surface area contributed by atoms with Gasteiger partial charge in [-0.15, -0.1) is 0 Å². The summed E-state index contributed by atoms with van der Waals surface area (Å²) in [6, 6.07) is 15.5. The molecule has 0 aliphatic rings. The average molecular weight is 377 g/mol. The number of nitrogens with one attached hydrogen (secondary N) is 1. The second-order valence-electron chi connectivity index (χ2n) is 5.76. The van der Waals surface area contributed by atoms with Crippen molar-refractivity contribution in [2.75, 3.05) is 5.32 Å². The minimum absolute atomic E-state index is 0.287. The number of pyridine rings is 1. The first kappa shape index (κ1) is 18.8. The normalized spacial score (nSPS) is 10.6. The third-order valence-electron chi connectivity index (χ3n) is 3.62. The number of anilines is 1. The Bertz CT molecular complexity index is 1030. The van der Waals surface area contributed by atoms with E-state index in [1.165, 1.54) is 36.5 Å². The molecule has 0 fully saturated rings. The second-order valence-corrected chi connectivity index (χ2v) is 5.76. The van der Waals surface area contributed by atoms with Gasteiger partial charge in [-0.3, -0.25) is 9.59 Å². The molecule has 0 radical (unpaired) electrons. The first-order valence-electron chi connectivity index (χ1n) is 8.28. The molecule has 2 aromatic carbocycles. The maximum absolute atomic E-state index is 13.1. The number of amides is 2. The Balaban J connectivity index is 1.60. The molecule has 7 heteroatoms. The molecule has 0 saturated carbocycles. The number of hydrogen-bond donors (Lipinski definition) is 2. The van der Waals surface area contributed by atoms with E-state index in [0.717, 1.165) is 0 Å². The predicted molar refractivity (Wildman–Crippen MR) is 103 cm³/mol. The highest BCUT2D eigenvalue weighted by Crippen LogP contribution is 2.21. The van der Waals surface area contributed by atoms with Gasteiger partial charge in [0.25, 0.3) is 0 Å². The molecule has 140 valence electrons. The molecule has 1 aromatic heterocycles. The summed E-state index contributed by atoms with van der Waals surface area (Å²) in [5.41, 5.74) is 6.61. The Morgan fingerprint density at radius 3 is 2.61 bits per heavy atom. The molecule has 6 nitrogen and oxygen atoms in total. The fourth-order valence-electron chi connectivity index (χ4n) is 2.31. The number of benzene rings is 2. The summed E-state index contributed by atoms with van der Waals surface area (Å²) in [5.74, 6) is -0.603. The standard InChI is InChI=1S/C21H16FN3O3/c22-16-5-1-3-14(11-16)7-9-19(26)25-17-8-10-20(24-13-17)28-18-6-2-4-15(12-18)21(23)27/h1-13H,(H2,23,27)(H,25,26)/b9-7+. The van der Waals surface area contributed by atoms with Crippen LogP contribution in [0.25, 0.3) is 6.08 Å². The first-order valence-corrected chi connectivity index (χ1v) is 8.28. The number of hydrogen-bond acceptors (Lipinski definition) is 4. The van der Waals surface area contributed by atoms with Gasteiger partial charge in [0, 0.05) is 17.7 Å². The number of carbonyl (C=O) groups excluding carboxylic acids is 2. The van der Waals surface area contributed by atoms with Crippen molar-refractivity contribution >= 4 is 23.6 Å². The van der Waals surface area contributed by atoms with Crippen LogP contribution >= 0.6 is 0 Å². The Hall–Kier alpha value is -4.00. The Labute approximate surface area is 160 Å². The van der Waals surface area contributed by atoms with Gasteiger partial charge >= 0.3 is 0 Å². The number of aromatic nitrogens is 1. The summed E-state index contributed by atoms with van der Waals surface area (Å²) < 4.78 is 18.7. The molecule has 28 heavy (non-hydrogen) atoms. The average Bonchev–Trinajstić information content (AvgIpc) is 2.68. The van der Waals surface area contributed by atoms with Gasteiger partial charge in [0.2, 0.25) is 17.7 Å². The number of rotatable bonds is 6. The lowest BCUT2D eigenvalue weighted by molar-refractivity contribution is -0.111. The lowest BCUT2D eigenvalue weighted by Gasteiger charge is -2.07. The summed E-state index contributed by atoms with van der Waals surface area (Å²) in [6.07, 6.45) is 4.24. The van der Waals surface area contributed by atoms with Gasteiger partial charge in [-0.1, -0.05) is 18.2 Å². The maximum atomic E-state index is 13.1. The highest BCUT2D eigenvalue weighted by atomic mass is 19.1. The number of ether oxygens (including phenoxy) is 1. The van der Waals surface area contributed by atoms with E-state index in [2.05, 4.69) is 10.3 Å². The van der Waals surface area contributed by atoms with E-state index >= 15 is 0 Å². The summed E-state index contributed by atoms with van der Waals surface area (Å²) in [7, 11) is 0.